The lowest BCUT2D eigenvalue weighted by molar-refractivity contribution is -0.132. The van der Waals surface area contributed by atoms with E-state index >= 15 is 0 Å². The third kappa shape index (κ3) is 3.30. The molecule has 0 N–H and O–H groups in total. The van der Waals surface area contributed by atoms with E-state index in [4.69, 9.17) is 0 Å². The molecule has 3 aromatic heterocycles. The van der Waals surface area contributed by atoms with Crippen LogP contribution in [0.3, 0.4) is 0 Å². The number of hydrogen-bond acceptors (Lipinski definition) is 3. The number of nitrogens with zero attached hydrogens (tertiary/aromatic N) is 4. The Labute approximate surface area is 142 Å². The van der Waals surface area contributed by atoms with Crippen molar-refractivity contribution in [3.05, 3.63) is 66.4 Å². The number of fused-ring (bicyclic) bond motifs is 1. The first-order valence-electron chi connectivity index (χ1n) is 8.35. The smallest absolute Gasteiger partial charge is 0.229 e. The molecule has 0 saturated heterocycles. The number of carbonyl (C=O) groups is 1. The lowest BCUT2D eigenvalue weighted by Gasteiger charge is -2.30. The van der Waals surface area contributed by atoms with Crippen LogP contribution in [-0.4, -0.2) is 31.7 Å². The van der Waals surface area contributed by atoms with Crippen molar-refractivity contribution in [2.75, 3.05) is 6.54 Å². The fourth-order valence-corrected chi connectivity index (χ4v) is 3.12. The topological polar surface area (TPSA) is 50.5 Å². The largest absolute Gasteiger partial charge is 0.336 e. The van der Waals surface area contributed by atoms with Crippen molar-refractivity contribution in [3.63, 3.8) is 0 Å². The van der Waals surface area contributed by atoms with Gasteiger partial charge in [0.25, 0.3) is 0 Å². The Kier molecular flexibility index (Phi) is 4.89. The molecule has 3 aromatic rings. The molecule has 0 aromatic carbocycles. The van der Waals surface area contributed by atoms with Crippen LogP contribution in [0.5, 0.6) is 0 Å². The Morgan fingerprint density at radius 2 is 2.00 bits per heavy atom. The summed E-state index contributed by atoms with van der Waals surface area (Å²) in [5.74, 6) is 0.101. The van der Waals surface area contributed by atoms with Gasteiger partial charge in [0.15, 0.2) is 0 Å². The van der Waals surface area contributed by atoms with E-state index in [1.807, 2.05) is 58.9 Å². The normalized spacial score (nSPS) is 12.2. The van der Waals surface area contributed by atoms with Crippen LogP contribution in [-0.2, 0) is 11.2 Å². The molecule has 0 spiro atoms. The Morgan fingerprint density at radius 3 is 2.67 bits per heavy atom. The van der Waals surface area contributed by atoms with Crippen LogP contribution in [0.25, 0.3) is 5.65 Å². The van der Waals surface area contributed by atoms with E-state index in [1.165, 1.54) is 0 Å². The number of hydrogen-bond donors (Lipinski definition) is 0. The molecule has 0 bridgehead atoms. The predicted octanol–water partition coefficient (Wildman–Crippen LogP) is 3.27. The van der Waals surface area contributed by atoms with E-state index in [0.717, 1.165) is 23.3 Å². The van der Waals surface area contributed by atoms with Gasteiger partial charge in [0.05, 0.1) is 18.2 Å². The third-order valence-corrected chi connectivity index (χ3v) is 4.26. The van der Waals surface area contributed by atoms with Crippen LogP contribution in [0.2, 0.25) is 0 Å². The fraction of sp³-hybridized carbons (Fsp3) is 0.316. The molecule has 3 heterocycles. The lowest BCUT2D eigenvalue weighted by atomic mass is 10.0. The predicted molar refractivity (Wildman–Crippen MR) is 93.6 cm³/mol. The van der Waals surface area contributed by atoms with Crippen molar-refractivity contribution in [1.29, 1.82) is 0 Å². The van der Waals surface area contributed by atoms with Gasteiger partial charge in [-0.2, -0.15) is 0 Å². The highest BCUT2D eigenvalue weighted by atomic mass is 16.2. The van der Waals surface area contributed by atoms with E-state index in [9.17, 15) is 4.79 Å². The number of carbonyl (C=O) groups excluding carboxylic acids is 1. The van der Waals surface area contributed by atoms with Crippen LogP contribution in [0, 0.1) is 0 Å². The van der Waals surface area contributed by atoms with E-state index < -0.39 is 0 Å². The van der Waals surface area contributed by atoms with Gasteiger partial charge in [0.1, 0.15) is 5.65 Å². The summed E-state index contributed by atoms with van der Waals surface area (Å²) < 4.78 is 1.94. The molecule has 5 nitrogen and oxygen atoms in total. The summed E-state index contributed by atoms with van der Waals surface area (Å²) in [7, 11) is 0. The summed E-state index contributed by atoms with van der Waals surface area (Å²) in [6.45, 7) is 4.80. The van der Waals surface area contributed by atoms with Crippen LogP contribution in [0.15, 0.2) is 55.1 Å². The minimum atomic E-state index is 0.0718. The minimum absolute atomic E-state index is 0.0718. The summed E-state index contributed by atoms with van der Waals surface area (Å²) in [6.07, 6.45) is 8.61. The molecule has 0 unspecified atom stereocenters. The molecular formula is C19H22N4O. The lowest BCUT2D eigenvalue weighted by Crippen LogP contribution is -2.35. The van der Waals surface area contributed by atoms with Crippen LogP contribution in [0.4, 0.5) is 0 Å². The highest BCUT2D eigenvalue weighted by molar-refractivity contribution is 5.79. The van der Waals surface area contributed by atoms with Gasteiger partial charge in [-0.15, -0.1) is 0 Å². The zero-order valence-corrected chi connectivity index (χ0v) is 14.1. The Morgan fingerprint density at radius 1 is 1.21 bits per heavy atom. The molecular weight excluding hydrogens is 300 g/mol. The second-order valence-electron chi connectivity index (χ2n) is 5.76. The quantitative estimate of drug-likeness (QED) is 0.700. The molecule has 0 aliphatic heterocycles. The van der Waals surface area contributed by atoms with Crippen molar-refractivity contribution in [2.24, 2.45) is 0 Å². The number of pyridine rings is 2. The maximum absolute atomic E-state index is 12.9. The van der Waals surface area contributed by atoms with Gasteiger partial charge >= 0.3 is 0 Å². The van der Waals surface area contributed by atoms with E-state index in [1.54, 1.807) is 12.4 Å². The van der Waals surface area contributed by atoms with Crippen molar-refractivity contribution < 1.29 is 4.79 Å². The van der Waals surface area contributed by atoms with Crippen LogP contribution < -0.4 is 0 Å². The van der Waals surface area contributed by atoms with Crippen LogP contribution >= 0.6 is 0 Å². The summed E-state index contributed by atoms with van der Waals surface area (Å²) >= 11 is 0. The van der Waals surface area contributed by atoms with Crippen molar-refractivity contribution in [3.8, 4) is 0 Å². The second kappa shape index (κ2) is 7.25. The first kappa shape index (κ1) is 16.2. The van der Waals surface area contributed by atoms with Gasteiger partial charge in [0, 0.05) is 31.3 Å². The zero-order chi connectivity index (χ0) is 16.9. The molecule has 0 fully saturated rings. The molecule has 0 radical (unpaired) electrons. The molecule has 0 aliphatic rings. The van der Waals surface area contributed by atoms with E-state index in [0.29, 0.717) is 13.0 Å². The van der Waals surface area contributed by atoms with Crippen molar-refractivity contribution in [1.82, 2.24) is 19.3 Å². The summed E-state index contributed by atoms with van der Waals surface area (Å²) in [5.41, 5.74) is 2.79. The minimum Gasteiger partial charge on any atom is -0.336 e. The molecule has 1 amide bonds. The third-order valence-electron chi connectivity index (χ3n) is 4.26. The molecule has 5 heteroatoms. The highest BCUT2D eigenvalue weighted by Crippen LogP contribution is 2.24. The molecule has 0 aliphatic carbocycles. The second-order valence-corrected chi connectivity index (χ2v) is 5.76. The number of imidazole rings is 1. The molecule has 3 rings (SSSR count). The standard InChI is InChI=1S/C19H22N4O/c1-3-17(15-8-10-20-11-9-15)23(4-2)19(24)13-16-14-22-12-6-5-7-18(22)21-16/h5-12,14,17H,3-4,13H2,1-2H3/t17-/m1/s1. The number of likely N-dealkylation sites (N-methyl/N-ethyl adjacent to an activating group) is 1. The Balaban J connectivity index is 1.80. The SMILES string of the molecule is CC[C@H](c1ccncc1)N(CC)C(=O)Cc1cn2ccccc2n1. The average Bonchev–Trinajstić information content (AvgIpc) is 3.02. The van der Waals surface area contributed by atoms with Crippen LogP contribution in [0.1, 0.15) is 37.6 Å². The van der Waals surface area contributed by atoms with Gasteiger partial charge in [-0.3, -0.25) is 9.78 Å². The highest BCUT2D eigenvalue weighted by Gasteiger charge is 2.23. The maximum atomic E-state index is 12.9. The number of aromatic nitrogens is 3. The maximum Gasteiger partial charge on any atom is 0.229 e. The molecule has 24 heavy (non-hydrogen) atoms. The number of rotatable bonds is 6. The van der Waals surface area contributed by atoms with Gasteiger partial charge < -0.3 is 9.30 Å². The Bertz CT molecular complexity index is 779. The van der Waals surface area contributed by atoms with Gasteiger partial charge in [0.2, 0.25) is 5.91 Å². The molecule has 1 atom stereocenters. The van der Waals surface area contributed by atoms with Gasteiger partial charge in [-0.1, -0.05) is 13.0 Å². The summed E-state index contributed by atoms with van der Waals surface area (Å²) in [6, 6.07) is 9.88. The molecule has 124 valence electrons. The monoisotopic (exact) mass is 322 g/mol. The van der Waals surface area contributed by atoms with Gasteiger partial charge in [-0.05, 0) is 43.2 Å². The fourth-order valence-electron chi connectivity index (χ4n) is 3.12. The van der Waals surface area contributed by atoms with Gasteiger partial charge in [-0.25, -0.2) is 4.98 Å². The Hall–Kier alpha value is -2.69. The van der Waals surface area contributed by atoms with E-state index in [2.05, 4.69) is 16.9 Å². The van der Waals surface area contributed by atoms with Crippen molar-refractivity contribution >= 4 is 11.6 Å². The summed E-state index contributed by atoms with van der Waals surface area (Å²) in [4.78, 5) is 23.4. The first-order chi connectivity index (χ1) is 11.7. The molecule has 0 saturated carbocycles. The van der Waals surface area contributed by atoms with E-state index in [-0.39, 0.29) is 11.9 Å². The zero-order valence-electron chi connectivity index (χ0n) is 14.1. The average molecular weight is 322 g/mol. The first-order valence-corrected chi connectivity index (χ1v) is 8.35. The summed E-state index contributed by atoms with van der Waals surface area (Å²) in [5, 5.41) is 0. The van der Waals surface area contributed by atoms with Crippen molar-refractivity contribution in [2.45, 2.75) is 32.7 Å². The number of amides is 1.